The lowest BCUT2D eigenvalue weighted by atomic mass is 9.90. The van der Waals surface area contributed by atoms with E-state index in [9.17, 15) is 19.7 Å². The number of hydrogen-bond acceptors (Lipinski definition) is 4. The third-order valence-electron chi connectivity index (χ3n) is 3.83. The predicted octanol–water partition coefficient (Wildman–Crippen LogP) is 1.71. The second kappa shape index (κ2) is 7.53. The highest BCUT2D eigenvalue weighted by Gasteiger charge is 2.42. The van der Waals surface area contributed by atoms with E-state index in [0.29, 0.717) is 6.42 Å². The highest BCUT2D eigenvalue weighted by atomic mass is 16.6. The van der Waals surface area contributed by atoms with E-state index in [-0.39, 0.29) is 0 Å². The van der Waals surface area contributed by atoms with Crippen LogP contribution in [-0.2, 0) is 16.0 Å². The van der Waals surface area contributed by atoms with Crippen molar-refractivity contribution in [3.05, 3.63) is 58.3 Å². The van der Waals surface area contributed by atoms with E-state index in [4.69, 9.17) is 5.11 Å². The first-order chi connectivity index (χ1) is 11.0. The lowest BCUT2D eigenvalue weighted by Gasteiger charge is -2.27. The van der Waals surface area contributed by atoms with Gasteiger partial charge in [-0.1, -0.05) is 36.4 Å². The van der Waals surface area contributed by atoms with Crippen LogP contribution in [0.4, 0.5) is 0 Å². The van der Waals surface area contributed by atoms with Gasteiger partial charge in [0.15, 0.2) is 0 Å². The molecule has 1 aliphatic heterocycles. The lowest BCUT2D eigenvalue weighted by molar-refractivity contribution is -0.516. The summed E-state index contributed by atoms with van der Waals surface area (Å²) in [7, 11) is 0. The van der Waals surface area contributed by atoms with Gasteiger partial charge in [-0.3, -0.25) is 19.7 Å². The molecule has 0 aliphatic carbocycles. The van der Waals surface area contributed by atoms with E-state index in [1.165, 1.54) is 6.20 Å². The van der Waals surface area contributed by atoms with Crippen LogP contribution in [-0.4, -0.2) is 39.4 Å². The Kier molecular flexibility index (Phi) is 5.46. The number of amides is 1. The van der Waals surface area contributed by atoms with Crippen LogP contribution in [0, 0.1) is 16.0 Å². The van der Waals surface area contributed by atoms with Gasteiger partial charge >= 0.3 is 11.9 Å². The Balaban J connectivity index is 2.00. The molecule has 7 heteroatoms. The van der Waals surface area contributed by atoms with Crippen molar-refractivity contribution < 1.29 is 19.6 Å². The fourth-order valence-electron chi connectivity index (χ4n) is 2.71. The van der Waals surface area contributed by atoms with E-state index in [2.05, 4.69) is 0 Å². The van der Waals surface area contributed by atoms with Gasteiger partial charge in [-0.2, -0.15) is 0 Å². The zero-order valence-electron chi connectivity index (χ0n) is 12.5. The number of aryl methyl sites for hydroxylation is 1. The molecule has 7 nitrogen and oxygen atoms in total. The number of carboxylic acids is 1. The summed E-state index contributed by atoms with van der Waals surface area (Å²) in [5, 5.41) is 20.0. The highest BCUT2D eigenvalue weighted by Crippen LogP contribution is 2.24. The summed E-state index contributed by atoms with van der Waals surface area (Å²) in [5.74, 6) is -2.47. The molecule has 1 aromatic carbocycles. The molecule has 1 aromatic rings. The standard InChI is InChI=1S/C16H18N2O5/c19-14(20)11-17-10-9-13(15(16(17)21)18(22)23)8-4-7-12-5-2-1-3-6-12/h1-3,5-6,9-10,13,15H,4,7-8,11H2,(H,19,20). The first-order valence-corrected chi connectivity index (χ1v) is 7.37. The molecule has 0 fully saturated rings. The van der Waals surface area contributed by atoms with Crippen molar-refractivity contribution in [3.8, 4) is 0 Å². The zero-order valence-corrected chi connectivity index (χ0v) is 12.5. The molecule has 0 radical (unpaired) electrons. The van der Waals surface area contributed by atoms with E-state index in [0.717, 1.165) is 23.3 Å². The first kappa shape index (κ1) is 16.7. The van der Waals surface area contributed by atoms with Crippen LogP contribution in [0.3, 0.4) is 0 Å². The highest BCUT2D eigenvalue weighted by molar-refractivity contribution is 5.86. The van der Waals surface area contributed by atoms with E-state index in [1.54, 1.807) is 6.08 Å². The van der Waals surface area contributed by atoms with Crippen LogP contribution in [0.5, 0.6) is 0 Å². The third kappa shape index (κ3) is 4.38. The van der Waals surface area contributed by atoms with Crippen molar-refractivity contribution in [2.24, 2.45) is 5.92 Å². The topological polar surface area (TPSA) is 101 Å². The van der Waals surface area contributed by atoms with Crippen LogP contribution in [0.1, 0.15) is 18.4 Å². The van der Waals surface area contributed by atoms with Crippen LogP contribution in [0.2, 0.25) is 0 Å². The predicted molar refractivity (Wildman–Crippen MR) is 82.1 cm³/mol. The van der Waals surface area contributed by atoms with Crippen LogP contribution in [0.15, 0.2) is 42.6 Å². The minimum Gasteiger partial charge on any atom is -0.480 e. The molecule has 2 rings (SSSR count). The first-order valence-electron chi connectivity index (χ1n) is 7.37. The fourth-order valence-corrected chi connectivity index (χ4v) is 2.71. The number of carbonyl (C=O) groups excluding carboxylic acids is 1. The van der Waals surface area contributed by atoms with Crippen molar-refractivity contribution in [2.75, 3.05) is 6.54 Å². The molecule has 0 bridgehead atoms. The number of nitro groups is 1. The molecule has 0 spiro atoms. The summed E-state index contributed by atoms with van der Waals surface area (Å²) in [6.45, 7) is -0.559. The lowest BCUT2D eigenvalue weighted by Crippen LogP contribution is -2.48. The van der Waals surface area contributed by atoms with Gasteiger partial charge in [-0.25, -0.2) is 0 Å². The summed E-state index contributed by atoms with van der Waals surface area (Å²) in [5.41, 5.74) is 1.14. The number of rotatable bonds is 7. The second-order valence-corrected chi connectivity index (χ2v) is 5.47. The number of hydrogen-bond donors (Lipinski definition) is 1. The summed E-state index contributed by atoms with van der Waals surface area (Å²) >= 11 is 0. The van der Waals surface area contributed by atoms with Crippen molar-refractivity contribution in [2.45, 2.75) is 25.3 Å². The average Bonchev–Trinajstić information content (AvgIpc) is 2.50. The molecule has 1 amide bonds. The van der Waals surface area contributed by atoms with E-state index in [1.807, 2.05) is 30.3 Å². The van der Waals surface area contributed by atoms with Gasteiger partial charge in [0.2, 0.25) is 0 Å². The van der Waals surface area contributed by atoms with E-state index < -0.39 is 35.3 Å². The number of benzene rings is 1. The molecular weight excluding hydrogens is 300 g/mol. The van der Waals surface area contributed by atoms with Gasteiger partial charge in [-0.05, 0) is 24.8 Å². The fraction of sp³-hybridized carbons (Fsp3) is 0.375. The second-order valence-electron chi connectivity index (χ2n) is 5.47. The number of carbonyl (C=O) groups is 2. The molecule has 23 heavy (non-hydrogen) atoms. The molecule has 122 valence electrons. The maximum atomic E-state index is 12.1. The summed E-state index contributed by atoms with van der Waals surface area (Å²) in [4.78, 5) is 34.3. The van der Waals surface area contributed by atoms with Crippen molar-refractivity contribution in [1.82, 2.24) is 4.90 Å². The van der Waals surface area contributed by atoms with Crippen molar-refractivity contribution >= 4 is 11.9 Å². The molecule has 2 atom stereocenters. The van der Waals surface area contributed by atoms with Crippen molar-refractivity contribution in [3.63, 3.8) is 0 Å². The monoisotopic (exact) mass is 318 g/mol. The van der Waals surface area contributed by atoms with E-state index >= 15 is 0 Å². The molecule has 0 saturated heterocycles. The quantitative estimate of drug-likeness (QED) is 0.609. The maximum Gasteiger partial charge on any atom is 0.323 e. The van der Waals surface area contributed by atoms with Crippen LogP contribution in [0.25, 0.3) is 0 Å². The Labute approximate surface area is 133 Å². The average molecular weight is 318 g/mol. The largest absolute Gasteiger partial charge is 0.480 e. The molecule has 0 aromatic heterocycles. The molecule has 1 N–H and O–H groups in total. The minimum atomic E-state index is -1.41. The Morgan fingerprint density at radius 2 is 2.00 bits per heavy atom. The SMILES string of the molecule is O=C(O)CN1C=CC(CCCc2ccccc2)C([N+](=O)[O-])C1=O. The van der Waals surface area contributed by atoms with Gasteiger partial charge in [0.25, 0.3) is 6.04 Å². The summed E-state index contributed by atoms with van der Waals surface area (Å²) in [6, 6.07) is 8.36. The number of aliphatic carboxylic acids is 1. The molecular formula is C16H18N2O5. The Morgan fingerprint density at radius 1 is 1.30 bits per heavy atom. The Hall–Kier alpha value is -2.70. The van der Waals surface area contributed by atoms with Gasteiger partial charge in [-0.15, -0.1) is 0 Å². The molecule has 1 aliphatic rings. The molecule has 1 heterocycles. The summed E-state index contributed by atoms with van der Waals surface area (Å²) in [6.07, 6.45) is 4.92. The van der Waals surface area contributed by atoms with Crippen LogP contribution >= 0.6 is 0 Å². The van der Waals surface area contributed by atoms with Crippen molar-refractivity contribution in [1.29, 1.82) is 0 Å². The zero-order chi connectivity index (χ0) is 16.8. The third-order valence-corrected chi connectivity index (χ3v) is 3.83. The Bertz CT molecular complexity index is 614. The summed E-state index contributed by atoms with van der Waals surface area (Å²) < 4.78 is 0. The van der Waals surface area contributed by atoms with Gasteiger partial charge in [0.05, 0.1) is 5.92 Å². The van der Waals surface area contributed by atoms with Gasteiger partial charge < -0.3 is 10.0 Å². The van der Waals surface area contributed by atoms with Gasteiger partial charge in [0.1, 0.15) is 6.54 Å². The minimum absolute atomic E-state index is 0.504. The smallest absolute Gasteiger partial charge is 0.323 e. The van der Waals surface area contributed by atoms with Gasteiger partial charge in [0, 0.05) is 11.1 Å². The number of carboxylic acid groups (broad SMARTS) is 1. The maximum absolute atomic E-state index is 12.1. The molecule has 0 saturated carbocycles. The molecule has 2 unspecified atom stereocenters. The number of nitrogens with zero attached hydrogens (tertiary/aromatic N) is 2. The Morgan fingerprint density at radius 3 is 2.61 bits per heavy atom. The normalized spacial score (nSPS) is 20.5. The van der Waals surface area contributed by atoms with Crippen LogP contribution < -0.4 is 0 Å².